The lowest BCUT2D eigenvalue weighted by Gasteiger charge is -2.45. The molecular formula is C26H30ClN3O3. The first-order chi connectivity index (χ1) is 15.8. The van der Waals surface area contributed by atoms with Crippen LogP contribution in [0, 0.1) is 11.8 Å². The molecule has 2 amide bonds. The molecular weight excluding hydrogens is 438 g/mol. The van der Waals surface area contributed by atoms with Crippen molar-refractivity contribution in [3.63, 3.8) is 0 Å². The molecule has 7 heteroatoms. The molecule has 1 aliphatic heterocycles. The Morgan fingerprint density at radius 1 is 1.24 bits per heavy atom. The Hall–Kier alpha value is -2.73. The molecule has 0 saturated heterocycles. The highest BCUT2D eigenvalue weighted by Crippen LogP contribution is 2.35. The molecule has 6 nitrogen and oxygen atoms in total. The first-order valence-electron chi connectivity index (χ1n) is 11.7. The number of hydrogen-bond acceptors (Lipinski definition) is 3. The van der Waals surface area contributed by atoms with E-state index < -0.39 is 5.54 Å². The first kappa shape index (κ1) is 22.1. The average molecular weight is 468 g/mol. The minimum atomic E-state index is -1.06. The van der Waals surface area contributed by atoms with Crippen molar-refractivity contribution in [2.75, 3.05) is 0 Å². The zero-order valence-electron chi connectivity index (χ0n) is 19.3. The van der Waals surface area contributed by atoms with Crippen molar-refractivity contribution >= 4 is 34.5 Å². The Bertz CT molecular complexity index is 1210. The lowest BCUT2D eigenvalue weighted by atomic mass is 9.77. The molecule has 3 aromatic rings. The van der Waals surface area contributed by atoms with Crippen molar-refractivity contribution < 1.29 is 14.0 Å². The second kappa shape index (κ2) is 8.24. The molecule has 4 atom stereocenters. The molecule has 1 aromatic carbocycles. The summed E-state index contributed by atoms with van der Waals surface area (Å²) in [6.45, 7) is 7.00. The van der Waals surface area contributed by atoms with Gasteiger partial charge in [-0.05, 0) is 42.9 Å². The number of rotatable bonds is 4. The second-order valence-corrected chi connectivity index (χ2v) is 10.4. The zero-order valence-corrected chi connectivity index (χ0v) is 20.1. The number of nitrogens with one attached hydrogen (secondary N) is 1. The van der Waals surface area contributed by atoms with Crippen LogP contribution in [0.4, 0.5) is 0 Å². The van der Waals surface area contributed by atoms with E-state index in [0.29, 0.717) is 41.2 Å². The monoisotopic (exact) mass is 467 g/mol. The second-order valence-electron chi connectivity index (χ2n) is 9.93. The van der Waals surface area contributed by atoms with Gasteiger partial charge in [0.25, 0.3) is 5.91 Å². The van der Waals surface area contributed by atoms with Crippen LogP contribution >= 0.6 is 11.6 Å². The lowest BCUT2D eigenvalue weighted by molar-refractivity contribution is -0.134. The van der Waals surface area contributed by atoms with E-state index in [1.54, 1.807) is 23.3 Å². The molecule has 1 fully saturated rings. The van der Waals surface area contributed by atoms with E-state index in [-0.39, 0.29) is 17.9 Å². The molecule has 1 saturated carbocycles. The van der Waals surface area contributed by atoms with E-state index in [2.05, 4.69) is 19.2 Å². The molecule has 3 heterocycles. The number of halogens is 1. The fourth-order valence-electron chi connectivity index (χ4n) is 5.45. The average Bonchev–Trinajstić information content (AvgIpc) is 3.37. The maximum Gasteiger partial charge on any atom is 0.271 e. The number of carbonyl (C=O) groups excluding carboxylic acids is 2. The molecule has 0 bridgehead atoms. The van der Waals surface area contributed by atoms with Gasteiger partial charge in [-0.25, -0.2) is 0 Å². The Balaban J connectivity index is 1.53. The van der Waals surface area contributed by atoms with Crippen LogP contribution in [0.5, 0.6) is 0 Å². The predicted molar refractivity (Wildman–Crippen MR) is 128 cm³/mol. The Morgan fingerprint density at radius 3 is 2.85 bits per heavy atom. The van der Waals surface area contributed by atoms with Crippen LogP contribution in [0.2, 0.25) is 5.02 Å². The topological polar surface area (TPSA) is 67.5 Å². The SMILES string of the molecule is C[C@@H]1[C@H](C)CCC[C@@H]1NC(=O)[C@]1(C)Cn2c(cc3occc32)C(=O)N1Cc1cccc(Cl)c1. The summed E-state index contributed by atoms with van der Waals surface area (Å²) in [5.41, 5.74) is 1.85. The summed E-state index contributed by atoms with van der Waals surface area (Å²) in [5, 5.41) is 3.93. The van der Waals surface area contributed by atoms with Crippen LogP contribution in [0.15, 0.2) is 47.1 Å². The number of fused-ring (bicyclic) bond motifs is 3. The smallest absolute Gasteiger partial charge is 0.271 e. The van der Waals surface area contributed by atoms with Gasteiger partial charge >= 0.3 is 0 Å². The third-order valence-corrected chi connectivity index (χ3v) is 8.03. The molecule has 0 unspecified atom stereocenters. The van der Waals surface area contributed by atoms with Crippen molar-refractivity contribution in [2.24, 2.45) is 11.8 Å². The highest BCUT2D eigenvalue weighted by atomic mass is 35.5. The maximum atomic E-state index is 13.9. The molecule has 33 heavy (non-hydrogen) atoms. The number of benzene rings is 1. The van der Waals surface area contributed by atoms with Gasteiger partial charge in [-0.1, -0.05) is 50.4 Å². The van der Waals surface area contributed by atoms with Gasteiger partial charge in [0.15, 0.2) is 5.58 Å². The highest BCUT2D eigenvalue weighted by molar-refractivity contribution is 6.30. The van der Waals surface area contributed by atoms with E-state index in [9.17, 15) is 9.59 Å². The summed E-state index contributed by atoms with van der Waals surface area (Å²) in [4.78, 5) is 29.3. The summed E-state index contributed by atoms with van der Waals surface area (Å²) in [6.07, 6.45) is 4.88. The van der Waals surface area contributed by atoms with E-state index in [1.807, 2.05) is 35.8 Å². The first-order valence-corrected chi connectivity index (χ1v) is 12.1. The highest BCUT2D eigenvalue weighted by Gasteiger charge is 2.48. The number of carbonyl (C=O) groups is 2. The van der Waals surface area contributed by atoms with E-state index in [4.69, 9.17) is 16.0 Å². The summed E-state index contributed by atoms with van der Waals surface area (Å²) in [6, 6.07) is 11.2. The molecule has 174 valence electrons. The van der Waals surface area contributed by atoms with Crippen LogP contribution in [0.3, 0.4) is 0 Å². The molecule has 2 aromatic heterocycles. The largest absolute Gasteiger partial charge is 0.463 e. The van der Waals surface area contributed by atoms with Gasteiger partial charge in [0, 0.05) is 29.7 Å². The molecule has 0 spiro atoms. The van der Waals surface area contributed by atoms with Crippen molar-refractivity contribution in [3.05, 3.63) is 58.9 Å². The van der Waals surface area contributed by atoms with Gasteiger partial charge in [0.2, 0.25) is 5.91 Å². The lowest BCUT2D eigenvalue weighted by Crippen LogP contribution is -2.65. The Kier molecular flexibility index (Phi) is 5.52. The van der Waals surface area contributed by atoms with E-state index >= 15 is 0 Å². The summed E-state index contributed by atoms with van der Waals surface area (Å²) < 4.78 is 7.47. The Morgan fingerprint density at radius 2 is 2.06 bits per heavy atom. The van der Waals surface area contributed by atoms with Crippen molar-refractivity contribution in [2.45, 2.75) is 64.7 Å². The van der Waals surface area contributed by atoms with Crippen LogP contribution < -0.4 is 5.32 Å². The van der Waals surface area contributed by atoms with E-state index in [0.717, 1.165) is 23.9 Å². The van der Waals surface area contributed by atoms with Gasteiger partial charge in [0.1, 0.15) is 11.2 Å². The fraction of sp³-hybridized carbons (Fsp3) is 0.462. The number of furan rings is 1. The van der Waals surface area contributed by atoms with Gasteiger partial charge in [0.05, 0.1) is 18.3 Å². The molecule has 2 aliphatic rings. The predicted octanol–water partition coefficient (Wildman–Crippen LogP) is 5.24. The van der Waals surface area contributed by atoms with Crippen molar-refractivity contribution in [1.82, 2.24) is 14.8 Å². The van der Waals surface area contributed by atoms with Crippen LogP contribution in [-0.4, -0.2) is 32.9 Å². The minimum Gasteiger partial charge on any atom is -0.463 e. The Labute approximate surface area is 198 Å². The van der Waals surface area contributed by atoms with Crippen molar-refractivity contribution in [1.29, 1.82) is 0 Å². The van der Waals surface area contributed by atoms with Gasteiger partial charge in [-0.3, -0.25) is 9.59 Å². The van der Waals surface area contributed by atoms with Crippen LogP contribution in [0.1, 0.15) is 56.1 Å². The molecule has 1 N–H and O–H groups in total. The fourth-order valence-corrected chi connectivity index (χ4v) is 5.66. The third-order valence-electron chi connectivity index (χ3n) is 7.79. The maximum absolute atomic E-state index is 13.9. The number of aromatic nitrogens is 1. The summed E-state index contributed by atoms with van der Waals surface area (Å²) in [5.74, 6) is 0.666. The molecule has 1 aliphatic carbocycles. The summed E-state index contributed by atoms with van der Waals surface area (Å²) in [7, 11) is 0. The molecule has 0 radical (unpaired) electrons. The molecule has 5 rings (SSSR count). The number of nitrogens with zero attached hydrogens (tertiary/aromatic N) is 2. The normalized spacial score (nSPS) is 27.6. The van der Waals surface area contributed by atoms with E-state index in [1.165, 1.54) is 6.42 Å². The number of amides is 2. The number of hydrogen-bond donors (Lipinski definition) is 1. The third kappa shape index (κ3) is 3.74. The standard InChI is InChI=1S/C26H30ClN3O3/c1-16-6-4-9-20(17(16)2)28-25(32)26(3)15-29-21-10-11-33-23(21)13-22(29)24(31)30(26)14-18-7-5-8-19(27)12-18/h5,7-8,10-13,16-17,20H,4,6,9,14-15H2,1-3H3,(H,28,32)/t16-,17-,20+,26+/m1/s1. The zero-order chi connectivity index (χ0) is 23.3. The summed E-state index contributed by atoms with van der Waals surface area (Å²) >= 11 is 6.21. The van der Waals surface area contributed by atoms with Gasteiger partial charge in [-0.15, -0.1) is 0 Å². The minimum absolute atomic E-state index is 0.111. The van der Waals surface area contributed by atoms with Crippen LogP contribution in [0.25, 0.3) is 11.1 Å². The van der Waals surface area contributed by atoms with Crippen LogP contribution in [-0.2, 0) is 17.9 Å². The van der Waals surface area contributed by atoms with Crippen molar-refractivity contribution in [3.8, 4) is 0 Å². The van der Waals surface area contributed by atoms with Gasteiger partial charge in [-0.2, -0.15) is 0 Å². The quantitative estimate of drug-likeness (QED) is 0.570. The van der Waals surface area contributed by atoms with Gasteiger partial charge < -0.3 is 19.2 Å².